The van der Waals surface area contributed by atoms with Gasteiger partial charge in [-0.05, 0) is 6.92 Å². The Hall–Kier alpha value is -1.07. The van der Waals surface area contributed by atoms with Gasteiger partial charge in [-0.2, -0.15) is 4.98 Å². The maximum Gasteiger partial charge on any atom is 0.318 e. The maximum absolute atomic E-state index is 6.09. The van der Waals surface area contributed by atoms with E-state index in [0.29, 0.717) is 17.1 Å². The van der Waals surface area contributed by atoms with Crippen LogP contribution in [0.5, 0.6) is 6.01 Å². The summed E-state index contributed by atoms with van der Waals surface area (Å²) in [7, 11) is 1.55. The summed E-state index contributed by atoms with van der Waals surface area (Å²) < 4.78 is 5.00. The number of piperazine rings is 1. The van der Waals surface area contributed by atoms with E-state index in [1.54, 1.807) is 13.3 Å². The minimum Gasteiger partial charge on any atom is -0.467 e. The molecule has 1 unspecified atom stereocenters. The molecule has 6 heteroatoms. The van der Waals surface area contributed by atoms with Crippen LogP contribution in [0.3, 0.4) is 0 Å². The Balaban J connectivity index is 2.24. The van der Waals surface area contributed by atoms with Gasteiger partial charge < -0.3 is 15.0 Å². The molecule has 16 heavy (non-hydrogen) atoms. The van der Waals surface area contributed by atoms with Crippen LogP contribution in [0, 0.1) is 0 Å². The van der Waals surface area contributed by atoms with Crippen molar-refractivity contribution in [3.05, 3.63) is 11.2 Å². The number of rotatable bonds is 2. The lowest BCUT2D eigenvalue weighted by atomic mass is 10.2. The summed E-state index contributed by atoms with van der Waals surface area (Å²) >= 11 is 6.09. The van der Waals surface area contributed by atoms with Gasteiger partial charge in [0.2, 0.25) is 0 Å². The third-order valence-electron chi connectivity index (χ3n) is 2.55. The van der Waals surface area contributed by atoms with E-state index < -0.39 is 0 Å². The van der Waals surface area contributed by atoms with Gasteiger partial charge in [-0.15, -0.1) is 0 Å². The fraction of sp³-hybridized carbons (Fsp3) is 0.600. The van der Waals surface area contributed by atoms with Crippen molar-refractivity contribution in [1.29, 1.82) is 0 Å². The molecule has 1 aromatic heterocycles. The first-order valence-electron chi connectivity index (χ1n) is 5.25. The van der Waals surface area contributed by atoms with Crippen molar-refractivity contribution in [3.63, 3.8) is 0 Å². The lowest BCUT2D eigenvalue weighted by Crippen LogP contribution is -2.49. The van der Waals surface area contributed by atoms with Gasteiger partial charge in [0.05, 0.1) is 13.3 Å². The summed E-state index contributed by atoms with van der Waals surface area (Å²) in [6, 6.07) is 0.788. The Morgan fingerprint density at radius 2 is 2.44 bits per heavy atom. The third-order valence-corrected chi connectivity index (χ3v) is 2.82. The SMILES string of the molecule is COc1ncc(Cl)c(N2CCNC(C)C2)n1. The van der Waals surface area contributed by atoms with E-state index in [1.807, 2.05) is 0 Å². The van der Waals surface area contributed by atoms with Crippen LogP contribution in [0.15, 0.2) is 6.20 Å². The van der Waals surface area contributed by atoms with Crippen molar-refractivity contribution in [1.82, 2.24) is 15.3 Å². The van der Waals surface area contributed by atoms with Crippen LogP contribution in [-0.2, 0) is 0 Å². The minimum absolute atomic E-state index is 0.352. The number of hydrogen-bond acceptors (Lipinski definition) is 5. The molecule has 1 N–H and O–H groups in total. The summed E-state index contributed by atoms with van der Waals surface area (Å²) in [6.07, 6.45) is 1.58. The van der Waals surface area contributed by atoms with E-state index in [4.69, 9.17) is 16.3 Å². The Morgan fingerprint density at radius 1 is 1.62 bits per heavy atom. The highest BCUT2D eigenvalue weighted by Gasteiger charge is 2.20. The standard InChI is InChI=1S/C10H15ClN4O/c1-7-6-15(4-3-12-7)9-8(11)5-13-10(14-9)16-2/h5,7,12H,3-4,6H2,1-2H3. The minimum atomic E-state index is 0.352. The molecule has 0 bridgehead atoms. The van der Waals surface area contributed by atoms with Crippen LogP contribution in [-0.4, -0.2) is 42.8 Å². The second kappa shape index (κ2) is 4.84. The average molecular weight is 243 g/mol. The average Bonchev–Trinajstić information content (AvgIpc) is 2.30. The fourth-order valence-electron chi connectivity index (χ4n) is 1.79. The largest absolute Gasteiger partial charge is 0.467 e. The van der Waals surface area contributed by atoms with E-state index >= 15 is 0 Å². The molecule has 1 atom stereocenters. The summed E-state index contributed by atoms with van der Waals surface area (Å²) in [5.74, 6) is 0.752. The highest BCUT2D eigenvalue weighted by molar-refractivity contribution is 6.32. The van der Waals surface area contributed by atoms with E-state index in [1.165, 1.54) is 0 Å². The smallest absolute Gasteiger partial charge is 0.318 e. The van der Waals surface area contributed by atoms with Crippen molar-refractivity contribution in [2.45, 2.75) is 13.0 Å². The quantitative estimate of drug-likeness (QED) is 0.837. The Bertz CT molecular complexity index is 374. The van der Waals surface area contributed by atoms with Crippen LogP contribution >= 0.6 is 11.6 Å². The monoisotopic (exact) mass is 242 g/mol. The zero-order chi connectivity index (χ0) is 11.5. The third kappa shape index (κ3) is 2.36. The number of nitrogens with one attached hydrogen (secondary N) is 1. The molecule has 2 heterocycles. The molecule has 5 nitrogen and oxygen atoms in total. The summed E-state index contributed by atoms with van der Waals surface area (Å²) in [5.41, 5.74) is 0. The van der Waals surface area contributed by atoms with Gasteiger partial charge in [-0.3, -0.25) is 0 Å². The summed E-state index contributed by atoms with van der Waals surface area (Å²) in [4.78, 5) is 10.4. The van der Waals surface area contributed by atoms with E-state index in [9.17, 15) is 0 Å². The van der Waals surface area contributed by atoms with Crippen LogP contribution in [0.4, 0.5) is 5.82 Å². The zero-order valence-electron chi connectivity index (χ0n) is 9.40. The van der Waals surface area contributed by atoms with Gasteiger partial charge in [0.15, 0.2) is 5.82 Å². The second-order valence-electron chi connectivity index (χ2n) is 3.83. The lowest BCUT2D eigenvalue weighted by molar-refractivity contribution is 0.378. The number of nitrogens with zero attached hydrogens (tertiary/aromatic N) is 3. The van der Waals surface area contributed by atoms with Crippen molar-refractivity contribution < 1.29 is 4.74 Å². The van der Waals surface area contributed by atoms with E-state index in [0.717, 1.165) is 25.5 Å². The topological polar surface area (TPSA) is 50.3 Å². The predicted octanol–water partition coefficient (Wildman–Crippen LogP) is 0.937. The summed E-state index contributed by atoms with van der Waals surface area (Å²) in [5, 5.41) is 3.94. The molecule has 1 fully saturated rings. The molecule has 0 amide bonds. The Labute approximate surface area is 99.8 Å². The first-order valence-corrected chi connectivity index (χ1v) is 5.63. The van der Waals surface area contributed by atoms with Crippen LogP contribution in [0.1, 0.15) is 6.92 Å². The molecule has 88 valence electrons. The second-order valence-corrected chi connectivity index (χ2v) is 4.24. The molecule has 0 saturated carbocycles. The summed E-state index contributed by atoms with van der Waals surface area (Å²) in [6.45, 7) is 4.85. The van der Waals surface area contributed by atoms with Crippen LogP contribution in [0.2, 0.25) is 5.02 Å². The van der Waals surface area contributed by atoms with Crippen molar-refractivity contribution in [2.75, 3.05) is 31.6 Å². The zero-order valence-corrected chi connectivity index (χ0v) is 10.2. The van der Waals surface area contributed by atoms with Crippen molar-refractivity contribution >= 4 is 17.4 Å². The first kappa shape index (κ1) is 11.4. The molecule has 0 aromatic carbocycles. The number of anilines is 1. The van der Waals surface area contributed by atoms with Crippen molar-refractivity contribution in [3.8, 4) is 6.01 Å². The van der Waals surface area contributed by atoms with Gasteiger partial charge in [0.25, 0.3) is 0 Å². The molecule has 0 aliphatic carbocycles. The van der Waals surface area contributed by atoms with Crippen LogP contribution in [0.25, 0.3) is 0 Å². The number of hydrogen-bond donors (Lipinski definition) is 1. The highest BCUT2D eigenvalue weighted by Crippen LogP contribution is 2.25. The molecule has 1 aromatic rings. The van der Waals surface area contributed by atoms with Gasteiger partial charge in [-0.25, -0.2) is 4.98 Å². The van der Waals surface area contributed by atoms with Crippen molar-refractivity contribution in [2.24, 2.45) is 0 Å². The van der Waals surface area contributed by atoms with Gasteiger partial charge >= 0.3 is 6.01 Å². The predicted molar refractivity (Wildman–Crippen MR) is 63.3 cm³/mol. The molecule has 2 rings (SSSR count). The Kier molecular flexibility index (Phi) is 3.46. The number of ether oxygens (including phenoxy) is 1. The van der Waals surface area contributed by atoms with E-state index in [2.05, 4.69) is 27.1 Å². The molecule has 0 spiro atoms. The molecular weight excluding hydrogens is 228 g/mol. The molecule has 1 saturated heterocycles. The lowest BCUT2D eigenvalue weighted by Gasteiger charge is -2.33. The molecule has 1 aliphatic heterocycles. The molecule has 0 radical (unpaired) electrons. The van der Waals surface area contributed by atoms with Crippen LogP contribution < -0.4 is 15.0 Å². The number of methoxy groups -OCH3 is 1. The maximum atomic E-state index is 6.09. The van der Waals surface area contributed by atoms with Gasteiger partial charge in [-0.1, -0.05) is 11.6 Å². The number of halogens is 1. The molecular formula is C10H15ClN4O. The fourth-order valence-corrected chi connectivity index (χ4v) is 2.00. The normalized spacial score (nSPS) is 20.9. The number of aromatic nitrogens is 2. The first-order chi connectivity index (χ1) is 7.70. The molecule has 1 aliphatic rings. The van der Waals surface area contributed by atoms with Gasteiger partial charge in [0, 0.05) is 25.7 Å². The Morgan fingerprint density at radius 3 is 3.12 bits per heavy atom. The highest BCUT2D eigenvalue weighted by atomic mass is 35.5. The van der Waals surface area contributed by atoms with E-state index in [-0.39, 0.29) is 0 Å². The van der Waals surface area contributed by atoms with Gasteiger partial charge in [0.1, 0.15) is 5.02 Å².